The van der Waals surface area contributed by atoms with Crippen LogP contribution in [0.5, 0.6) is 5.75 Å². The Morgan fingerprint density at radius 1 is 1.21 bits per heavy atom. The summed E-state index contributed by atoms with van der Waals surface area (Å²) in [6.07, 6.45) is 4.71. The molecule has 3 rings (SSSR count). The van der Waals surface area contributed by atoms with Gasteiger partial charge in [-0.15, -0.1) is 0 Å². The summed E-state index contributed by atoms with van der Waals surface area (Å²) in [7, 11) is -3.65. The number of carbonyl (C=O) groups excluding carboxylic acids is 1. The number of likely N-dealkylation sites (tertiary alicyclic amines) is 1. The molecule has 1 aliphatic heterocycles. The summed E-state index contributed by atoms with van der Waals surface area (Å²) in [6.45, 7) is 11.3. The molecule has 0 radical (unpaired) electrons. The van der Waals surface area contributed by atoms with Crippen LogP contribution in [0, 0.1) is 0 Å². The third kappa shape index (κ3) is 4.49. The van der Waals surface area contributed by atoms with Gasteiger partial charge in [-0.1, -0.05) is 0 Å². The Labute approximate surface area is 171 Å². The standard InChI is InChI=1S/C20H29N3O5S/c1-19(2,3)28-18(24)23-9-7-14(12-23)27-15-11-17-21-8-10-22(17)13-16(15)29(25,26)20(4,5)6/h8,10-11,13-14H,7,9,12H2,1-6H3. The molecule has 0 aliphatic carbocycles. The van der Waals surface area contributed by atoms with Crippen LogP contribution < -0.4 is 4.74 Å². The highest BCUT2D eigenvalue weighted by Crippen LogP contribution is 2.34. The van der Waals surface area contributed by atoms with Crippen molar-refractivity contribution in [2.75, 3.05) is 13.1 Å². The number of pyridine rings is 1. The summed E-state index contributed by atoms with van der Waals surface area (Å²) < 4.78 is 38.5. The summed E-state index contributed by atoms with van der Waals surface area (Å²) in [4.78, 5) is 18.2. The third-order valence-electron chi connectivity index (χ3n) is 4.64. The normalized spacial score (nSPS) is 18.3. The smallest absolute Gasteiger partial charge is 0.410 e. The van der Waals surface area contributed by atoms with Crippen molar-refractivity contribution in [2.24, 2.45) is 0 Å². The molecular weight excluding hydrogens is 394 g/mol. The number of hydrogen-bond donors (Lipinski definition) is 0. The molecular formula is C20H29N3O5S. The van der Waals surface area contributed by atoms with Crippen LogP contribution in [0.15, 0.2) is 29.6 Å². The molecule has 9 heteroatoms. The third-order valence-corrected chi connectivity index (χ3v) is 7.14. The van der Waals surface area contributed by atoms with Gasteiger partial charge in [0, 0.05) is 37.6 Å². The van der Waals surface area contributed by atoms with E-state index in [1.807, 2.05) is 20.8 Å². The van der Waals surface area contributed by atoms with Crippen molar-refractivity contribution >= 4 is 21.6 Å². The fourth-order valence-corrected chi connectivity index (χ4v) is 4.33. The van der Waals surface area contributed by atoms with Crippen LogP contribution in [0.4, 0.5) is 4.79 Å². The maximum absolute atomic E-state index is 13.1. The van der Waals surface area contributed by atoms with E-state index < -0.39 is 26.3 Å². The second kappa shape index (κ2) is 7.19. The van der Waals surface area contributed by atoms with Crippen molar-refractivity contribution in [2.45, 2.75) is 69.3 Å². The van der Waals surface area contributed by atoms with Crippen LogP contribution in [0.3, 0.4) is 0 Å². The number of aromatic nitrogens is 2. The van der Waals surface area contributed by atoms with Crippen LogP contribution >= 0.6 is 0 Å². The molecule has 0 spiro atoms. The molecule has 2 aromatic rings. The second-order valence-corrected chi connectivity index (χ2v) is 11.9. The predicted molar refractivity (Wildman–Crippen MR) is 109 cm³/mol. The van der Waals surface area contributed by atoms with E-state index >= 15 is 0 Å². The molecule has 1 fully saturated rings. The lowest BCUT2D eigenvalue weighted by molar-refractivity contribution is 0.0275. The van der Waals surface area contributed by atoms with Gasteiger partial charge in [0.15, 0.2) is 9.84 Å². The fourth-order valence-electron chi connectivity index (χ4n) is 3.04. The average molecular weight is 424 g/mol. The number of imidazole rings is 1. The van der Waals surface area contributed by atoms with Crippen molar-refractivity contribution in [3.8, 4) is 5.75 Å². The monoisotopic (exact) mass is 423 g/mol. The van der Waals surface area contributed by atoms with Gasteiger partial charge in [-0.2, -0.15) is 0 Å². The number of hydrogen-bond acceptors (Lipinski definition) is 6. The first kappa shape index (κ1) is 21.4. The van der Waals surface area contributed by atoms with Gasteiger partial charge in [-0.3, -0.25) is 0 Å². The molecule has 29 heavy (non-hydrogen) atoms. The van der Waals surface area contributed by atoms with Gasteiger partial charge >= 0.3 is 6.09 Å². The van der Waals surface area contributed by atoms with Crippen LogP contribution in [0.1, 0.15) is 48.0 Å². The highest BCUT2D eigenvalue weighted by atomic mass is 32.2. The van der Waals surface area contributed by atoms with Crippen LogP contribution in [-0.4, -0.2) is 58.3 Å². The Bertz CT molecular complexity index is 1010. The maximum atomic E-state index is 13.1. The molecule has 8 nitrogen and oxygen atoms in total. The van der Waals surface area contributed by atoms with Gasteiger partial charge in [0.05, 0.1) is 11.3 Å². The maximum Gasteiger partial charge on any atom is 0.410 e. The summed E-state index contributed by atoms with van der Waals surface area (Å²) in [5, 5.41) is 0. The lowest BCUT2D eigenvalue weighted by Gasteiger charge is -2.25. The highest BCUT2D eigenvalue weighted by Gasteiger charge is 2.36. The van der Waals surface area contributed by atoms with E-state index in [1.54, 1.807) is 54.7 Å². The fraction of sp³-hybridized carbons (Fsp3) is 0.600. The number of nitrogens with zero attached hydrogens (tertiary/aromatic N) is 3. The number of fused-ring (bicyclic) bond motifs is 1. The van der Waals surface area contributed by atoms with Crippen LogP contribution in [-0.2, 0) is 14.6 Å². The van der Waals surface area contributed by atoms with Crippen LogP contribution in [0.2, 0.25) is 0 Å². The number of rotatable bonds is 3. The molecule has 1 aliphatic rings. The van der Waals surface area contributed by atoms with Gasteiger partial charge in [0.25, 0.3) is 0 Å². The number of carbonyl (C=O) groups is 1. The largest absolute Gasteiger partial charge is 0.487 e. The first-order valence-corrected chi connectivity index (χ1v) is 11.1. The molecule has 0 bridgehead atoms. The Hall–Kier alpha value is -2.29. The van der Waals surface area contributed by atoms with Crippen molar-refractivity contribution in [1.82, 2.24) is 14.3 Å². The lowest BCUT2D eigenvalue weighted by Crippen LogP contribution is -2.36. The van der Waals surface area contributed by atoms with E-state index in [1.165, 1.54) is 0 Å². The Morgan fingerprint density at radius 3 is 2.52 bits per heavy atom. The van der Waals surface area contributed by atoms with Gasteiger partial charge in [0.1, 0.15) is 28.0 Å². The van der Waals surface area contributed by atoms with Crippen molar-refractivity contribution in [3.05, 3.63) is 24.7 Å². The summed E-state index contributed by atoms with van der Waals surface area (Å²) in [5.74, 6) is 0.259. The van der Waals surface area contributed by atoms with E-state index in [-0.39, 0.29) is 16.7 Å². The molecule has 160 valence electrons. The second-order valence-electron chi connectivity index (χ2n) is 9.27. The first-order valence-electron chi connectivity index (χ1n) is 9.64. The Morgan fingerprint density at radius 2 is 1.90 bits per heavy atom. The summed E-state index contributed by atoms with van der Waals surface area (Å²) in [6, 6.07) is 1.63. The topological polar surface area (TPSA) is 90.2 Å². The minimum Gasteiger partial charge on any atom is -0.487 e. The van der Waals surface area contributed by atoms with Crippen LogP contribution in [0.25, 0.3) is 5.65 Å². The van der Waals surface area contributed by atoms with E-state index in [2.05, 4.69) is 4.98 Å². The number of ether oxygens (including phenoxy) is 2. The SMILES string of the molecule is CC(C)(C)OC(=O)N1CCC(Oc2cc3nccn3cc2S(=O)(=O)C(C)(C)C)C1. The van der Waals surface area contributed by atoms with Gasteiger partial charge in [-0.05, 0) is 41.5 Å². The highest BCUT2D eigenvalue weighted by molar-refractivity contribution is 7.92. The van der Waals surface area contributed by atoms with E-state index in [0.29, 0.717) is 25.2 Å². The Kier molecular flexibility index (Phi) is 5.31. The molecule has 2 aromatic heterocycles. The molecule has 3 heterocycles. The quantitative estimate of drug-likeness (QED) is 0.752. The molecule has 0 N–H and O–H groups in total. The van der Waals surface area contributed by atoms with Crippen molar-refractivity contribution in [3.63, 3.8) is 0 Å². The van der Waals surface area contributed by atoms with E-state index in [4.69, 9.17) is 9.47 Å². The number of sulfone groups is 1. The molecule has 1 atom stereocenters. The van der Waals surface area contributed by atoms with E-state index in [0.717, 1.165) is 0 Å². The van der Waals surface area contributed by atoms with E-state index in [9.17, 15) is 13.2 Å². The average Bonchev–Trinajstić information content (AvgIpc) is 3.20. The minimum atomic E-state index is -3.65. The minimum absolute atomic E-state index is 0.117. The summed E-state index contributed by atoms with van der Waals surface area (Å²) in [5.41, 5.74) is 0.0187. The molecule has 0 aromatic carbocycles. The van der Waals surface area contributed by atoms with Crippen molar-refractivity contribution < 1.29 is 22.7 Å². The lowest BCUT2D eigenvalue weighted by atomic mass is 10.2. The van der Waals surface area contributed by atoms with Crippen molar-refractivity contribution in [1.29, 1.82) is 0 Å². The zero-order valence-electron chi connectivity index (χ0n) is 17.8. The number of amides is 1. The molecule has 1 amide bonds. The Balaban J connectivity index is 1.87. The molecule has 0 saturated carbocycles. The zero-order valence-corrected chi connectivity index (χ0v) is 18.6. The zero-order chi connectivity index (χ0) is 21.6. The summed E-state index contributed by atoms with van der Waals surface area (Å²) >= 11 is 0. The molecule has 1 unspecified atom stereocenters. The molecule has 1 saturated heterocycles. The van der Waals surface area contributed by atoms with Gasteiger partial charge in [-0.25, -0.2) is 18.2 Å². The van der Waals surface area contributed by atoms with Gasteiger partial charge in [0.2, 0.25) is 0 Å². The predicted octanol–water partition coefficient (Wildman–Crippen LogP) is 3.29. The van der Waals surface area contributed by atoms with Gasteiger partial charge < -0.3 is 18.8 Å². The first-order chi connectivity index (χ1) is 13.3.